The van der Waals surface area contributed by atoms with Gasteiger partial charge >= 0.3 is 6.09 Å². The third-order valence-corrected chi connectivity index (χ3v) is 5.03. The van der Waals surface area contributed by atoms with Crippen molar-refractivity contribution < 1.29 is 22.8 Å². The van der Waals surface area contributed by atoms with Crippen LogP contribution in [0.5, 0.6) is 0 Å². The highest BCUT2D eigenvalue weighted by Crippen LogP contribution is 2.48. The van der Waals surface area contributed by atoms with Gasteiger partial charge in [-0.25, -0.2) is 13.6 Å². The van der Waals surface area contributed by atoms with E-state index in [0.29, 0.717) is 24.8 Å². The van der Waals surface area contributed by atoms with Gasteiger partial charge in [0.25, 0.3) is 0 Å². The molecule has 6 nitrogen and oxygen atoms in total. The van der Waals surface area contributed by atoms with Crippen LogP contribution in [0.25, 0.3) is 0 Å². The van der Waals surface area contributed by atoms with Crippen molar-refractivity contribution in [3.8, 4) is 0 Å². The molecule has 0 atom stereocenters. The Kier molecular flexibility index (Phi) is 4.08. The first kappa shape index (κ1) is 18.1. The van der Waals surface area contributed by atoms with Crippen LogP contribution in [0.4, 0.5) is 13.6 Å². The normalized spacial score (nSPS) is 22.5. The number of hydrogen-bond acceptors (Lipinski definition) is 5. The second-order valence-electron chi connectivity index (χ2n) is 8.57. The summed E-state index contributed by atoms with van der Waals surface area (Å²) in [6.07, 6.45) is -0.836. The molecule has 1 aliphatic carbocycles. The van der Waals surface area contributed by atoms with E-state index in [4.69, 9.17) is 9.26 Å². The monoisotopic (exact) mass is 357 g/mol. The van der Waals surface area contributed by atoms with Gasteiger partial charge in [-0.3, -0.25) is 0 Å². The van der Waals surface area contributed by atoms with Crippen molar-refractivity contribution >= 4 is 6.09 Å². The number of amides is 1. The fourth-order valence-electron chi connectivity index (χ4n) is 3.28. The van der Waals surface area contributed by atoms with Crippen molar-refractivity contribution in [2.24, 2.45) is 5.92 Å². The molecule has 1 saturated carbocycles. The van der Waals surface area contributed by atoms with Crippen molar-refractivity contribution in [3.05, 3.63) is 11.7 Å². The maximum absolute atomic E-state index is 13.1. The SMILES string of the molecule is CC(C)C1(c2nc(C3CC(F)(F)C3)no2)CN(C(=O)OC(C)(C)C)C1. The zero-order valence-electron chi connectivity index (χ0n) is 15.3. The highest BCUT2D eigenvalue weighted by atomic mass is 19.3. The third kappa shape index (κ3) is 3.35. The maximum Gasteiger partial charge on any atom is 0.410 e. The molecular formula is C17H25F2N3O3. The molecule has 3 rings (SSSR count). The van der Waals surface area contributed by atoms with Crippen LogP contribution in [0.1, 0.15) is 65.1 Å². The molecule has 8 heteroatoms. The molecule has 2 aliphatic rings. The van der Waals surface area contributed by atoms with Crippen molar-refractivity contribution in [2.75, 3.05) is 13.1 Å². The minimum absolute atomic E-state index is 0.155. The van der Waals surface area contributed by atoms with Gasteiger partial charge in [-0.1, -0.05) is 19.0 Å². The third-order valence-electron chi connectivity index (χ3n) is 5.03. The smallest absolute Gasteiger partial charge is 0.410 e. The molecule has 0 aromatic carbocycles. The number of aromatic nitrogens is 2. The number of rotatable bonds is 3. The molecule has 1 amide bonds. The Morgan fingerprint density at radius 1 is 1.32 bits per heavy atom. The average Bonchev–Trinajstić information content (AvgIpc) is 2.81. The maximum atomic E-state index is 13.1. The summed E-state index contributed by atoms with van der Waals surface area (Å²) in [6.45, 7) is 10.3. The summed E-state index contributed by atoms with van der Waals surface area (Å²) in [5, 5.41) is 3.91. The van der Waals surface area contributed by atoms with E-state index < -0.39 is 16.9 Å². The van der Waals surface area contributed by atoms with Crippen LogP contribution in [0, 0.1) is 5.92 Å². The van der Waals surface area contributed by atoms with Gasteiger partial charge in [0.2, 0.25) is 11.8 Å². The lowest BCUT2D eigenvalue weighted by atomic mass is 9.70. The Bertz CT molecular complexity index is 652. The molecule has 0 spiro atoms. The number of halogens is 2. The van der Waals surface area contributed by atoms with Gasteiger partial charge in [0.15, 0.2) is 5.82 Å². The first-order valence-corrected chi connectivity index (χ1v) is 8.62. The predicted octanol–water partition coefficient (Wildman–Crippen LogP) is 3.73. The fourth-order valence-corrected chi connectivity index (χ4v) is 3.28. The van der Waals surface area contributed by atoms with Crippen LogP contribution in [0.2, 0.25) is 0 Å². The number of carbonyl (C=O) groups is 1. The topological polar surface area (TPSA) is 68.5 Å². The molecule has 2 fully saturated rings. The fraction of sp³-hybridized carbons (Fsp3) is 0.824. The summed E-state index contributed by atoms with van der Waals surface area (Å²) in [6, 6.07) is 0. The average molecular weight is 357 g/mol. The standard InChI is InChI=1S/C17H25F2N3O3/c1-10(2)16(8-22(9-16)14(23)24-15(3,4)5)13-20-12(21-25-13)11-6-17(18,19)7-11/h10-11H,6-9H2,1-5H3. The van der Waals surface area contributed by atoms with Crippen molar-refractivity contribution in [1.29, 1.82) is 0 Å². The van der Waals surface area contributed by atoms with Gasteiger partial charge in [-0.15, -0.1) is 0 Å². The molecule has 1 aliphatic heterocycles. The molecule has 1 aromatic heterocycles. The Morgan fingerprint density at radius 3 is 2.40 bits per heavy atom. The first-order chi connectivity index (χ1) is 11.4. The second kappa shape index (κ2) is 5.64. The van der Waals surface area contributed by atoms with Crippen LogP contribution < -0.4 is 0 Å². The summed E-state index contributed by atoms with van der Waals surface area (Å²) in [4.78, 5) is 18.2. The summed E-state index contributed by atoms with van der Waals surface area (Å²) in [5.74, 6) is -2.05. The number of likely N-dealkylation sites (tertiary alicyclic amines) is 1. The number of carbonyl (C=O) groups excluding carboxylic acids is 1. The lowest BCUT2D eigenvalue weighted by Gasteiger charge is -2.49. The van der Waals surface area contributed by atoms with Gasteiger partial charge < -0.3 is 14.2 Å². The van der Waals surface area contributed by atoms with E-state index in [2.05, 4.69) is 10.1 Å². The zero-order valence-corrected chi connectivity index (χ0v) is 15.3. The number of nitrogens with zero attached hydrogens (tertiary/aromatic N) is 3. The largest absolute Gasteiger partial charge is 0.444 e. The number of hydrogen-bond donors (Lipinski definition) is 0. The molecule has 140 valence electrons. The Labute approximate surface area is 145 Å². The van der Waals surface area contributed by atoms with Crippen molar-refractivity contribution in [2.45, 2.75) is 70.3 Å². The van der Waals surface area contributed by atoms with Crippen LogP contribution >= 0.6 is 0 Å². The summed E-state index contributed by atoms with van der Waals surface area (Å²) >= 11 is 0. The molecule has 2 heterocycles. The number of ether oxygens (including phenoxy) is 1. The van der Waals surface area contributed by atoms with Gasteiger partial charge in [0, 0.05) is 31.8 Å². The molecule has 1 saturated heterocycles. The first-order valence-electron chi connectivity index (χ1n) is 8.62. The van der Waals surface area contributed by atoms with Crippen LogP contribution in [0.15, 0.2) is 4.52 Å². The molecule has 0 bridgehead atoms. The van der Waals surface area contributed by atoms with Crippen molar-refractivity contribution in [3.63, 3.8) is 0 Å². The van der Waals surface area contributed by atoms with E-state index in [9.17, 15) is 13.6 Å². The lowest BCUT2D eigenvalue weighted by Crippen LogP contribution is -2.64. The Hall–Kier alpha value is -1.73. The zero-order chi connectivity index (χ0) is 18.6. The van der Waals surface area contributed by atoms with Gasteiger partial charge in [-0.2, -0.15) is 4.98 Å². The molecule has 0 radical (unpaired) electrons. The highest BCUT2D eigenvalue weighted by molar-refractivity contribution is 5.70. The van der Waals surface area contributed by atoms with Gasteiger partial charge in [-0.05, 0) is 26.7 Å². The molecular weight excluding hydrogens is 332 g/mol. The summed E-state index contributed by atoms with van der Waals surface area (Å²) < 4.78 is 36.9. The van der Waals surface area contributed by atoms with E-state index in [1.807, 2.05) is 34.6 Å². The molecule has 1 aromatic rings. The Balaban J connectivity index is 1.69. The highest BCUT2D eigenvalue weighted by Gasteiger charge is 2.55. The minimum atomic E-state index is -2.62. The minimum Gasteiger partial charge on any atom is -0.444 e. The molecule has 0 N–H and O–H groups in total. The predicted molar refractivity (Wildman–Crippen MR) is 85.5 cm³/mol. The summed E-state index contributed by atoms with van der Waals surface area (Å²) in [7, 11) is 0. The van der Waals surface area contributed by atoms with Crippen LogP contribution in [0.3, 0.4) is 0 Å². The van der Waals surface area contributed by atoms with Gasteiger partial charge in [0.05, 0.1) is 5.41 Å². The van der Waals surface area contributed by atoms with E-state index in [0.717, 1.165) is 0 Å². The molecule has 25 heavy (non-hydrogen) atoms. The van der Waals surface area contributed by atoms with E-state index in [-0.39, 0.29) is 30.8 Å². The molecule has 0 unspecified atom stereocenters. The Morgan fingerprint density at radius 2 is 1.92 bits per heavy atom. The van der Waals surface area contributed by atoms with Gasteiger partial charge in [0.1, 0.15) is 5.60 Å². The van der Waals surface area contributed by atoms with E-state index in [1.54, 1.807) is 4.90 Å². The number of alkyl halides is 2. The van der Waals surface area contributed by atoms with E-state index in [1.165, 1.54) is 0 Å². The van der Waals surface area contributed by atoms with Crippen LogP contribution in [-0.4, -0.2) is 45.7 Å². The van der Waals surface area contributed by atoms with E-state index >= 15 is 0 Å². The second-order valence-corrected chi connectivity index (χ2v) is 8.57. The summed E-state index contributed by atoms with van der Waals surface area (Å²) in [5.41, 5.74) is -1.01. The lowest BCUT2D eigenvalue weighted by molar-refractivity contribution is -0.0888. The van der Waals surface area contributed by atoms with Crippen LogP contribution in [-0.2, 0) is 10.2 Å². The quantitative estimate of drug-likeness (QED) is 0.824. The van der Waals surface area contributed by atoms with Crippen molar-refractivity contribution in [1.82, 2.24) is 15.0 Å².